The minimum absolute atomic E-state index is 0.00122. The fourth-order valence-electron chi connectivity index (χ4n) is 7.02. The molecule has 0 radical (unpaired) electrons. The highest BCUT2D eigenvalue weighted by atomic mass is 16.2. The third kappa shape index (κ3) is 38.1. The molecule has 7 heteroatoms. The Balaban J connectivity index is 4.32. The molecule has 0 atom stereocenters. The minimum atomic E-state index is -0.292. The summed E-state index contributed by atoms with van der Waals surface area (Å²) in [6.45, 7) is 7.14. The van der Waals surface area contributed by atoms with E-state index in [-0.39, 0.29) is 30.8 Å². The van der Waals surface area contributed by atoms with Gasteiger partial charge in [-0.2, -0.15) is 0 Å². The van der Waals surface area contributed by atoms with E-state index in [2.05, 4.69) is 45.6 Å². The summed E-state index contributed by atoms with van der Waals surface area (Å²) in [5, 5.41) is 5.49. The van der Waals surface area contributed by atoms with Crippen LogP contribution < -0.4 is 10.6 Å². The minimum Gasteiger partial charge on any atom is -0.347 e. The summed E-state index contributed by atoms with van der Waals surface area (Å²) < 4.78 is 0.932. The average molecular weight is 736 g/mol. The zero-order valence-corrected chi connectivity index (χ0v) is 35.8. The Morgan fingerprint density at radius 1 is 0.404 bits per heavy atom. The zero-order valence-electron chi connectivity index (χ0n) is 35.8. The van der Waals surface area contributed by atoms with Crippen molar-refractivity contribution in [3.63, 3.8) is 0 Å². The van der Waals surface area contributed by atoms with Gasteiger partial charge in [0.2, 0.25) is 17.7 Å². The molecule has 52 heavy (non-hydrogen) atoms. The van der Waals surface area contributed by atoms with Gasteiger partial charge in [-0.15, -0.1) is 0 Å². The van der Waals surface area contributed by atoms with E-state index >= 15 is 0 Å². The summed E-state index contributed by atoms with van der Waals surface area (Å²) >= 11 is 0. The Morgan fingerprint density at radius 2 is 0.731 bits per heavy atom. The Kier molecular flexibility index (Phi) is 36.5. The number of unbranched alkanes of at least 4 members (excludes halogenated alkanes) is 28. The quantitative estimate of drug-likeness (QED) is 0.0486. The third-order valence-corrected chi connectivity index (χ3v) is 10.5. The van der Waals surface area contributed by atoms with E-state index in [1.54, 1.807) is 0 Å². The summed E-state index contributed by atoms with van der Waals surface area (Å²) in [6.07, 6.45) is 40.4. The van der Waals surface area contributed by atoms with Gasteiger partial charge in [-0.3, -0.25) is 14.4 Å². The normalized spacial score (nSPS) is 11.6. The van der Waals surface area contributed by atoms with E-state index in [4.69, 9.17) is 0 Å². The molecular weight excluding hydrogens is 645 g/mol. The molecule has 7 nitrogen and oxygen atoms in total. The van der Waals surface area contributed by atoms with E-state index in [9.17, 15) is 14.4 Å². The number of nitrogens with one attached hydrogen (secondary N) is 2. The topological polar surface area (TPSA) is 78.5 Å². The van der Waals surface area contributed by atoms with Crippen LogP contribution in [0.5, 0.6) is 0 Å². The lowest BCUT2D eigenvalue weighted by Crippen LogP contribution is -2.44. The Bertz CT molecular complexity index is 781. The molecule has 0 aromatic carbocycles. The smallest absolute Gasteiger partial charge is 0.241 e. The Morgan fingerprint density at radius 3 is 1.10 bits per heavy atom. The standard InChI is InChI=1S/C45H90N4O3/c1-6-8-10-12-14-16-18-20-22-24-26-28-30-34-38-48(39-35-31-29-27-25-23-21-19-17-15-13-11-9-7-2)45(52)42-47-44(51)41-46-43(50)37-33-32-36-40-49(3,4)5/h6-42H2,1-5H3,(H-,46,47,50,51)/p+1. The van der Waals surface area contributed by atoms with Gasteiger partial charge in [0.25, 0.3) is 0 Å². The zero-order chi connectivity index (χ0) is 38.4. The van der Waals surface area contributed by atoms with Gasteiger partial charge in [0.15, 0.2) is 0 Å². The van der Waals surface area contributed by atoms with Crippen molar-refractivity contribution in [3.8, 4) is 0 Å². The highest BCUT2D eigenvalue weighted by molar-refractivity contribution is 5.88. The molecule has 0 aliphatic heterocycles. The van der Waals surface area contributed by atoms with Crippen molar-refractivity contribution >= 4 is 17.7 Å². The highest BCUT2D eigenvalue weighted by Gasteiger charge is 2.15. The van der Waals surface area contributed by atoms with Crippen LogP contribution in [-0.4, -0.2) is 81.0 Å². The first kappa shape index (κ1) is 50.4. The van der Waals surface area contributed by atoms with Crippen molar-refractivity contribution in [3.05, 3.63) is 0 Å². The van der Waals surface area contributed by atoms with Gasteiger partial charge in [-0.1, -0.05) is 181 Å². The van der Waals surface area contributed by atoms with Gasteiger partial charge in [0.05, 0.1) is 40.8 Å². The number of carbonyl (C=O) groups is 3. The van der Waals surface area contributed by atoms with Crippen LogP contribution in [-0.2, 0) is 14.4 Å². The number of quaternary nitrogens is 1. The van der Waals surface area contributed by atoms with Crippen LogP contribution in [0.3, 0.4) is 0 Å². The second-order valence-electron chi connectivity index (χ2n) is 17.0. The molecule has 0 fully saturated rings. The fourth-order valence-corrected chi connectivity index (χ4v) is 7.02. The van der Waals surface area contributed by atoms with Crippen LogP contribution in [0.25, 0.3) is 0 Å². The molecule has 2 N–H and O–H groups in total. The van der Waals surface area contributed by atoms with Crippen LogP contribution in [0.15, 0.2) is 0 Å². The first-order valence-corrected chi connectivity index (χ1v) is 22.8. The van der Waals surface area contributed by atoms with Crippen LogP contribution in [0.2, 0.25) is 0 Å². The van der Waals surface area contributed by atoms with Gasteiger partial charge < -0.3 is 20.0 Å². The van der Waals surface area contributed by atoms with Gasteiger partial charge in [0.1, 0.15) is 0 Å². The number of amides is 3. The molecule has 0 heterocycles. The lowest BCUT2D eigenvalue weighted by atomic mass is 10.0. The third-order valence-electron chi connectivity index (χ3n) is 10.5. The van der Waals surface area contributed by atoms with Crippen molar-refractivity contribution in [2.75, 3.05) is 53.9 Å². The molecule has 0 aliphatic carbocycles. The molecule has 0 saturated carbocycles. The van der Waals surface area contributed by atoms with Gasteiger partial charge >= 0.3 is 0 Å². The van der Waals surface area contributed by atoms with Crippen LogP contribution in [0.4, 0.5) is 0 Å². The van der Waals surface area contributed by atoms with E-state index in [1.165, 1.54) is 154 Å². The molecular formula is C45H91N4O3+. The lowest BCUT2D eigenvalue weighted by molar-refractivity contribution is -0.870. The first-order chi connectivity index (χ1) is 25.2. The fraction of sp³-hybridized carbons (Fsp3) is 0.933. The number of hydrogen-bond donors (Lipinski definition) is 2. The molecule has 0 aromatic rings. The Labute approximate surface area is 324 Å². The highest BCUT2D eigenvalue weighted by Crippen LogP contribution is 2.15. The summed E-state index contributed by atoms with van der Waals surface area (Å²) in [5.41, 5.74) is 0. The van der Waals surface area contributed by atoms with Crippen LogP contribution >= 0.6 is 0 Å². The van der Waals surface area contributed by atoms with E-state index in [1.807, 2.05) is 4.90 Å². The predicted octanol–water partition coefficient (Wildman–Crippen LogP) is 11.3. The lowest BCUT2D eigenvalue weighted by Gasteiger charge is -2.23. The molecule has 3 amide bonds. The monoisotopic (exact) mass is 736 g/mol. The van der Waals surface area contributed by atoms with E-state index < -0.39 is 0 Å². The predicted molar refractivity (Wildman–Crippen MR) is 225 cm³/mol. The second kappa shape index (κ2) is 37.7. The molecule has 308 valence electrons. The van der Waals surface area contributed by atoms with Gasteiger partial charge in [0, 0.05) is 19.5 Å². The Hall–Kier alpha value is -1.63. The average Bonchev–Trinajstić information content (AvgIpc) is 3.11. The molecule has 0 saturated heterocycles. The van der Waals surface area contributed by atoms with Crippen LogP contribution in [0.1, 0.15) is 219 Å². The second-order valence-corrected chi connectivity index (χ2v) is 17.0. The van der Waals surface area contributed by atoms with Crippen LogP contribution in [0, 0.1) is 0 Å². The molecule has 0 unspecified atom stereocenters. The van der Waals surface area contributed by atoms with Gasteiger partial charge in [-0.05, 0) is 32.1 Å². The number of hydrogen-bond acceptors (Lipinski definition) is 3. The maximum absolute atomic E-state index is 13.2. The molecule has 0 aromatic heterocycles. The van der Waals surface area contributed by atoms with Crippen molar-refractivity contribution in [2.45, 2.75) is 219 Å². The maximum atomic E-state index is 13.2. The SMILES string of the molecule is CCCCCCCCCCCCCCCCN(CCCCCCCCCCCCCCCC)C(=O)CNC(=O)CNC(=O)CCCCC[N+](C)(C)C. The summed E-state index contributed by atoms with van der Waals surface area (Å²) in [7, 11) is 6.53. The van der Waals surface area contributed by atoms with Crippen molar-refractivity contribution in [2.24, 2.45) is 0 Å². The van der Waals surface area contributed by atoms with Gasteiger partial charge in [-0.25, -0.2) is 0 Å². The van der Waals surface area contributed by atoms with E-state index in [0.29, 0.717) is 6.42 Å². The van der Waals surface area contributed by atoms with Crippen molar-refractivity contribution in [1.29, 1.82) is 0 Å². The first-order valence-electron chi connectivity index (χ1n) is 22.8. The molecule has 0 aliphatic rings. The number of rotatable bonds is 40. The number of nitrogens with zero attached hydrogens (tertiary/aromatic N) is 2. The molecule has 0 spiro atoms. The summed E-state index contributed by atoms with van der Waals surface area (Å²) in [4.78, 5) is 39.9. The maximum Gasteiger partial charge on any atom is 0.241 e. The number of carbonyl (C=O) groups excluding carboxylic acids is 3. The molecule has 0 bridgehead atoms. The summed E-state index contributed by atoms with van der Waals surface area (Å²) in [6, 6.07) is 0. The van der Waals surface area contributed by atoms with E-state index in [0.717, 1.165) is 69.1 Å². The van der Waals surface area contributed by atoms with Crippen molar-refractivity contribution < 1.29 is 18.9 Å². The largest absolute Gasteiger partial charge is 0.347 e. The summed E-state index contributed by atoms with van der Waals surface area (Å²) in [5.74, 6) is -0.384. The molecule has 0 rings (SSSR count). The van der Waals surface area contributed by atoms with Crippen molar-refractivity contribution in [1.82, 2.24) is 15.5 Å².